The SMILES string of the molecule is Cc1nc(CC(=O)c2ccc(C)c(F)c2F)cs1. The lowest BCUT2D eigenvalue weighted by atomic mass is 10.0. The highest BCUT2D eigenvalue weighted by atomic mass is 32.1. The molecule has 0 atom stereocenters. The van der Waals surface area contributed by atoms with E-state index in [-0.39, 0.29) is 17.5 Å². The van der Waals surface area contributed by atoms with Crippen molar-refractivity contribution < 1.29 is 13.6 Å². The second kappa shape index (κ2) is 4.94. The van der Waals surface area contributed by atoms with Crippen molar-refractivity contribution in [3.05, 3.63) is 51.0 Å². The van der Waals surface area contributed by atoms with Crippen molar-refractivity contribution in [3.8, 4) is 0 Å². The van der Waals surface area contributed by atoms with Gasteiger partial charge < -0.3 is 0 Å². The Morgan fingerprint density at radius 3 is 2.61 bits per heavy atom. The second-order valence-electron chi connectivity index (χ2n) is 4.02. The molecule has 0 saturated heterocycles. The van der Waals surface area contributed by atoms with E-state index in [4.69, 9.17) is 0 Å². The zero-order valence-corrected chi connectivity index (χ0v) is 10.8. The highest BCUT2D eigenvalue weighted by Gasteiger charge is 2.18. The first kappa shape index (κ1) is 12.8. The number of carbonyl (C=O) groups is 1. The van der Waals surface area contributed by atoms with Crippen LogP contribution in [0.3, 0.4) is 0 Å². The van der Waals surface area contributed by atoms with E-state index >= 15 is 0 Å². The quantitative estimate of drug-likeness (QED) is 0.797. The molecular weight excluding hydrogens is 256 g/mol. The monoisotopic (exact) mass is 267 g/mol. The van der Waals surface area contributed by atoms with Gasteiger partial charge in [-0.1, -0.05) is 6.07 Å². The predicted octanol–water partition coefficient (Wildman–Crippen LogP) is 3.46. The molecule has 18 heavy (non-hydrogen) atoms. The summed E-state index contributed by atoms with van der Waals surface area (Å²) in [5.74, 6) is -2.50. The van der Waals surface area contributed by atoms with Gasteiger partial charge in [-0.3, -0.25) is 4.79 Å². The summed E-state index contributed by atoms with van der Waals surface area (Å²) in [6.07, 6.45) is -0.0102. The maximum absolute atomic E-state index is 13.6. The first-order valence-corrected chi connectivity index (χ1v) is 6.26. The van der Waals surface area contributed by atoms with Crippen LogP contribution < -0.4 is 0 Å². The standard InChI is InChI=1S/C13H11F2NOS/c1-7-3-4-10(13(15)12(7)14)11(17)5-9-6-18-8(2)16-9/h3-4,6H,5H2,1-2H3. The van der Waals surface area contributed by atoms with Crippen LogP contribution in [0.1, 0.15) is 26.6 Å². The molecule has 0 spiro atoms. The average Bonchev–Trinajstić information content (AvgIpc) is 2.71. The molecule has 2 rings (SSSR count). The number of Topliss-reactive ketones (excluding diaryl/α,β-unsaturated/α-hetero) is 1. The van der Waals surface area contributed by atoms with Gasteiger partial charge in [0, 0.05) is 5.38 Å². The third kappa shape index (κ3) is 2.46. The summed E-state index contributed by atoms with van der Waals surface area (Å²) in [5.41, 5.74) is 0.556. The van der Waals surface area contributed by atoms with Gasteiger partial charge in [-0.15, -0.1) is 11.3 Å². The van der Waals surface area contributed by atoms with Gasteiger partial charge in [0.1, 0.15) is 0 Å². The van der Waals surface area contributed by atoms with Crippen LogP contribution >= 0.6 is 11.3 Å². The number of rotatable bonds is 3. The lowest BCUT2D eigenvalue weighted by Gasteiger charge is -2.04. The number of nitrogens with zero attached hydrogens (tertiary/aromatic N) is 1. The van der Waals surface area contributed by atoms with Gasteiger partial charge in [-0.2, -0.15) is 0 Å². The number of hydrogen-bond acceptors (Lipinski definition) is 3. The van der Waals surface area contributed by atoms with Crippen LogP contribution in [-0.4, -0.2) is 10.8 Å². The van der Waals surface area contributed by atoms with Crippen molar-refractivity contribution in [1.29, 1.82) is 0 Å². The van der Waals surface area contributed by atoms with Gasteiger partial charge in [0.05, 0.1) is 22.7 Å². The molecule has 0 aliphatic carbocycles. The molecule has 1 aromatic heterocycles. The fraction of sp³-hybridized carbons (Fsp3) is 0.231. The first-order valence-electron chi connectivity index (χ1n) is 5.38. The van der Waals surface area contributed by atoms with Crippen molar-refractivity contribution in [2.75, 3.05) is 0 Å². The molecule has 2 nitrogen and oxygen atoms in total. The minimum atomic E-state index is -1.08. The fourth-order valence-electron chi connectivity index (χ4n) is 1.61. The minimum absolute atomic E-state index is 0.0102. The van der Waals surface area contributed by atoms with E-state index in [1.165, 1.54) is 30.4 Å². The summed E-state index contributed by atoms with van der Waals surface area (Å²) >= 11 is 1.42. The number of ketones is 1. The Kier molecular flexibility index (Phi) is 3.52. The summed E-state index contributed by atoms with van der Waals surface area (Å²) in [7, 11) is 0. The first-order chi connectivity index (χ1) is 8.49. The lowest BCUT2D eigenvalue weighted by molar-refractivity contribution is 0.0987. The van der Waals surface area contributed by atoms with Gasteiger partial charge in [0.25, 0.3) is 0 Å². The zero-order chi connectivity index (χ0) is 13.3. The van der Waals surface area contributed by atoms with Gasteiger partial charge >= 0.3 is 0 Å². The van der Waals surface area contributed by atoms with Crippen molar-refractivity contribution in [3.63, 3.8) is 0 Å². The Morgan fingerprint density at radius 2 is 2.00 bits per heavy atom. The average molecular weight is 267 g/mol. The Bertz CT molecular complexity index is 607. The Labute approximate surface area is 107 Å². The van der Waals surface area contributed by atoms with Gasteiger partial charge in [-0.25, -0.2) is 13.8 Å². The number of aryl methyl sites for hydroxylation is 2. The van der Waals surface area contributed by atoms with Crippen LogP contribution in [0.25, 0.3) is 0 Å². The summed E-state index contributed by atoms with van der Waals surface area (Å²) in [4.78, 5) is 16.0. The van der Waals surface area contributed by atoms with Crippen LogP contribution in [0.2, 0.25) is 0 Å². The normalized spacial score (nSPS) is 10.7. The number of benzene rings is 1. The molecule has 0 radical (unpaired) electrons. The Morgan fingerprint density at radius 1 is 1.28 bits per heavy atom. The number of aromatic nitrogens is 1. The van der Waals surface area contributed by atoms with E-state index in [2.05, 4.69) is 4.98 Å². The molecule has 0 saturated carbocycles. The summed E-state index contributed by atoms with van der Waals surface area (Å²) in [5, 5.41) is 2.59. The molecule has 2 aromatic rings. The molecule has 0 fully saturated rings. The molecule has 0 unspecified atom stereocenters. The van der Waals surface area contributed by atoms with Crippen LogP contribution in [0.4, 0.5) is 8.78 Å². The van der Waals surface area contributed by atoms with E-state index in [9.17, 15) is 13.6 Å². The van der Waals surface area contributed by atoms with Gasteiger partial charge in [-0.05, 0) is 25.5 Å². The lowest BCUT2D eigenvalue weighted by Crippen LogP contribution is -2.08. The molecule has 0 aliphatic rings. The number of carbonyl (C=O) groups excluding carboxylic acids is 1. The molecule has 0 amide bonds. The zero-order valence-electron chi connectivity index (χ0n) is 9.96. The van der Waals surface area contributed by atoms with E-state index in [0.717, 1.165) is 5.01 Å². The van der Waals surface area contributed by atoms with E-state index in [1.807, 2.05) is 6.92 Å². The van der Waals surface area contributed by atoms with Gasteiger partial charge in [0.15, 0.2) is 17.4 Å². The Balaban J connectivity index is 2.27. The topological polar surface area (TPSA) is 30.0 Å². The van der Waals surface area contributed by atoms with Crippen LogP contribution in [-0.2, 0) is 6.42 Å². The highest BCUT2D eigenvalue weighted by Crippen LogP contribution is 2.18. The van der Waals surface area contributed by atoms with Crippen LogP contribution in [0, 0.1) is 25.5 Å². The van der Waals surface area contributed by atoms with Crippen molar-refractivity contribution in [1.82, 2.24) is 4.98 Å². The fourth-order valence-corrected chi connectivity index (χ4v) is 2.22. The molecule has 1 aromatic carbocycles. The molecule has 94 valence electrons. The molecule has 0 N–H and O–H groups in total. The van der Waals surface area contributed by atoms with Crippen LogP contribution in [0.5, 0.6) is 0 Å². The number of thiazole rings is 1. The third-order valence-corrected chi connectivity index (χ3v) is 3.41. The van der Waals surface area contributed by atoms with E-state index in [1.54, 1.807) is 5.38 Å². The second-order valence-corrected chi connectivity index (χ2v) is 5.08. The molecule has 0 aliphatic heterocycles. The maximum Gasteiger partial charge on any atom is 0.171 e. The summed E-state index contributed by atoms with van der Waals surface area (Å²) in [6, 6.07) is 2.72. The van der Waals surface area contributed by atoms with Crippen molar-refractivity contribution in [2.45, 2.75) is 20.3 Å². The van der Waals surface area contributed by atoms with E-state index < -0.39 is 17.4 Å². The number of halogens is 2. The predicted molar refractivity (Wildman–Crippen MR) is 66.0 cm³/mol. The largest absolute Gasteiger partial charge is 0.294 e. The van der Waals surface area contributed by atoms with Crippen LogP contribution in [0.15, 0.2) is 17.5 Å². The summed E-state index contributed by atoms with van der Waals surface area (Å²) < 4.78 is 27.0. The third-order valence-electron chi connectivity index (χ3n) is 2.58. The molecule has 5 heteroatoms. The summed E-state index contributed by atoms with van der Waals surface area (Å²) in [6.45, 7) is 3.28. The molecule has 0 bridgehead atoms. The molecule has 1 heterocycles. The number of hydrogen-bond donors (Lipinski definition) is 0. The van der Waals surface area contributed by atoms with Crippen molar-refractivity contribution >= 4 is 17.1 Å². The smallest absolute Gasteiger partial charge is 0.171 e. The highest BCUT2D eigenvalue weighted by molar-refractivity contribution is 7.09. The minimum Gasteiger partial charge on any atom is -0.294 e. The van der Waals surface area contributed by atoms with Crippen molar-refractivity contribution in [2.24, 2.45) is 0 Å². The maximum atomic E-state index is 13.6. The molecular formula is C13H11F2NOS. The van der Waals surface area contributed by atoms with E-state index in [0.29, 0.717) is 5.69 Å². The Hall–Kier alpha value is -1.62. The van der Waals surface area contributed by atoms with Gasteiger partial charge in [0.2, 0.25) is 0 Å².